The highest BCUT2D eigenvalue weighted by Gasteiger charge is 2.50. The van der Waals surface area contributed by atoms with Crippen LogP contribution in [0.4, 0.5) is 4.39 Å². The Balaban J connectivity index is 1.41. The number of carbonyl (C=O) groups excluding carboxylic acids is 2. The second-order valence-corrected chi connectivity index (χ2v) is 10.9. The highest BCUT2D eigenvalue weighted by Crippen LogP contribution is 2.51. The molecular formula is C34H30FNO4. The Bertz CT molecular complexity index is 1790. The fraction of sp³-hybridized carbons (Fsp3) is 0.265. The van der Waals surface area contributed by atoms with E-state index in [0.29, 0.717) is 52.2 Å². The maximum absolute atomic E-state index is 13.6. The van der Waals surface area contributed by atoms with Crippen molar-refractivity contribution in [3.8, 4) is 22.5 Å². The molecule has 1 saturated carbocycles. The molecule has 0 radical (unpaired) electrons. The number of rotatable bonds is 8. The predicted octanol–water partition coefficient (Wildman–Crippen LogP) is 8.72. The SMILES string of the molecule is CCC(=O)c1c(-c2ccc(F)cc2)oc2ccc(-c3cc(C(=O)CC4(c5ncc(C)o5)CC4)c(C)cc3C)cc12. The monoisotopic (exact) mass is 535 g/mol. The van der Waals surface area contributed by atoms with Crippen molar-refractivity contribution in [1.82, 2.24) is 4.98 Å². The van der Waals surface area contributed by atoms with Crippen LogP contribution in [-0.2, 0) is 5.41 Å². The maximum Gasteiger partial charge on any atom is 0.201 e. The third kappa shape index (κ3) is 4.47. The highest BCUT2D eigenvalue weighted by atomic mass is 19.1. The molecule has 0 aliphatic heterocycles. The molecule has 6 rings (SSSR count). The first-order valence-electron chi connectivity index (χ1n) is 13.6. The summed E-state index contributed by atoms with van der Waals surface area (Å²) in [6, 6.07) is 15.7. The Labute approximate surface area is 232 Å². The molecule has 3 aromatic carbocycles. The van der Waals surface area contributed by atoms with Gasteiger partial charge < -0.3 is 8.83 Å². The quantitative estimate of drug-likeness (QED) is 0.186. The van der Waals surface area contributed by atoms with Crippen molar-refractivity contribution in [3.05, 3.63) is 101 Å². The lowest BCUT2D eigenvalue weighted by molar-refractivity contribution is 0.0961. The van der Waals surface area contributed by atoms with Gasteiger partial charge in [-0.3, -0.25) is 9.59 Å². The molecule has 2 aromatic heterocycles. The molecule has 5 aromatic rings. The van der Waals surface area contributed by atoms with Crippen molar-refractivity contribution >= 4 is 22.5 Å². The third-order valence-corrected chi connectivity index (χ3v) is 8.00. The van der Waals surface area contributed by atoms with E-state index in [4.69, 9.17) is 8.83 Å². The fourth-order valence-electron chi connectivity index (χ4n) is 5.61. The summed E-state index contributed by atoms with van der Waals surface area (Å²) in [5, 5.41) is 0.702. The van der Waals surface area contributed by atoms with Crippen molar-refractivity contribution in [2.75, 3.05) is 0 Å². The van der Waals surface area contributed by atoms with E-state index >= 15 is 0 Å². The first-order valence-corrected chi connectivity index (χ1v) is 13.6. The number of halogens is 1. The average molecular weight is 536 g/mol. The number of aryl methyl sites for hydroxylation is 3. The smallest absolute Gasteiger partial charge is 0.201 e. The number of carbonyl (C=O) groups is 2. The normalized spacial score (nSPS) is 14.0. The van der Waals surface area contributed by atoms with Gasteiger partial charge in [0.2, 0.25) is 5.89 Å². The number of fused-ring (bicyclic) bond motifs is 1. The second kappa shape index (κ2) is 9.70. The summed E-state index contributed by atoms with van der Waals surface area (Å²) < 4.78 is 25.5. The zero-order valence-corrected chi connectivity index (χ0v) is 23.1. The molecule has 40 heavy (non-hydrogen) atoms. The molecule has 1 aliphatic rings. The summed E-state index contributed by atoms with van der Waals surface area (Å²) in [7, 11) is 0. The van der Waals surface area contributed by atoms with Crippen LogP contribution in [0.25, 0.3) is 33.4 Å². The van der Waals surface area contributed by atoms with E-state index in [0.717, 1.165) is 40.9 Å². The van der Waals surface area contributed by atoms with Crippen molar-refractivity contribution in [3.63, 3.8) is 0 Å². The Morgan fingerprint density at radius 2 is 1.62 bits per heavy atom. The van der Waals surface area contributed by atoms with E-state index in [9.17, 15) is 14.0 Å². The first-order chi connectivity index (χ1) is 19.2. The molecule has 0 saturated heterocycles. The van der Waals surface area contributed by atoms with Crippen molar-refractivity contribution in [2.24, 2.45) is 0 Å². The summed E-state index contributed by atoms with van der Waals surface area (Å²) >= 11 is 0. The van der Waals surface area contributed by atoms with Gasteiger partial charge in [0.1, 0.15) is 22.9 Å². The minimum atomic E-state index is -0.353. The van der Waals surface area contributed by atoms with Crippen LogP contribution in [0.1, 0.15) is 76.1 Å². The molecule has 1 aliphatic carbocycles. The lowest BCUT2D eigenvalue weighted by Crippen LogP contribution is -2.15. The molecule has 2 heterocycles. The molecule has 0 unspecified atom stereocenters. The molecule has 6 heteroatoms. The Morgan fingerprint density at radius 1 is 0.900 bits per heavy atom. The number of oxazole rings is 1. The zero-order valence-electron chi connectivity index (χ0n) is 23.1. The number of nitrogens with zero attached hydrogens (tertiary/aromatic N) is 1. The van der Waals surface area contributed by atoms with E-state index in [2.05, 4.69) is 4.98 Å². The number of benzene rings is 3. The summed E-state index contributed by atoms with van der Waals surface area (Å²) in [5.74, 6) is 1.50. The zero-order chi connectivity index (χ0) is 28.2. The molecule has 0 amide bonds. The van der Waals surface area contributed by atoms with Crippen LogP contribution < -0.4 is 0 Å². The van der Waals surface area contributed by atoms with Crippen LogP contribution in [0.5, 0.6) is 0 Å². The van der Waals surface area contributed by atoms with Gasteiger partial charge in [0.15, 0.2) is 11.6 Å². The number of hydrogen-bond donors (Lipinski definition) is 0. The number of hydrogen-bond acceptors (Lipinski definition) is 5. The molecule has 1 fully saturated rings. The second-order valence-electron chi connectivity index (χ2n) is 10.9. The Morgan fingerprint density at radius 3 is 2.27 bits per heavy atom. The van der Waals surface area contributed by atoms with Gasteiger partial charge in [0.25, 0.3) is 0 Å². The summed E-state index contributed by atoms with van der Waals surface area (Å²) in [6.07, 6.45) is 4.14. The van der Waals surface area contributed by atoms with Crippen molar-refractivity contribution < 1.29 is 22.8 Å². The molecule has 0 spiro atoms. The van der Waals surface area contributed by atoms with E-state index in [1.807, 2.05) is 58.0 Å². The fourth-order valence-corrected chi connectivity index (χ4v) is 5.61. The van der Waals surface area contributed by atoms with Gasteiger partial charge in [-0.05, 0) is 98.3 Å². The molecule has 0 N–H and O–H groups in total. The summed E-state index contributed by atoms with van der Waals surface area (Å²) in [6.45, 7) is 7.67. The number of aromatic nitrogens is 1. The molecule has 0 bridgehead atoms. The number of ketones is 2. The predicted molar refractivity (Wildman–Crippen MR) is 152 cm³/mol. The van der Waals surface area contributed by atoms with E-state index in [1.54, 1.807) is 18.3 Å². The van der Waals surface area contributed by atoms with Gasteiger partial charge in [-0.15, -0.1) is 0 Å². The van der Waals surface area contributed by atoms with Crippen LogP contribution >= 0.6 is 0 Å². The molecule has 5 nitrogen and oxygen atoms in total. The third-order valence-electron chi connectivity index (χ3n) is 8.00. The van der Waals surface area contributed by atoms with Gasteiger partial charge in [-0.2, -0.15) is 0 Å². The number of furan rings is 1. The standard InChI is InChI=1S/C34H30FNO4/c1-5-28(37)31-27-15-23(8-11-30(27)40-32(31)22-6-9-24(35)10-7-22)25-16-26(20(3)14-19(25)2)29(38)17-34(12-13-34)33-36-18-21(4)39-33/h6-11,14-16,18H,5,12-13,17H2,1-4H3. The van der Waals surface area contributed by atoms with Crippen LogP contribution in [0, 0.1) is 26.6 Å². The van der Waals surface area contributed by atoms with Crippen molar-refractivity contribution in [1.29, 1.82) is 0 Å². The lowest BCUT2D eigenvalue weighted by atomic mass is 9.88. The van der Waals surface area contributed by atoms with E-state index in [-0.39, 0.29) is 22.8 Å². The summed E-state index contributed by atoms with van der Waals surface area (Å²) in [4.78, 5) is 31.1. The summed E-state index contributed by atoms with van der Waals surface area (Å²) in [5.41, 5.74) is 5.85. The van der Waals surface area contributed by atoms with Gasteiger partial charge in [0.05, 0.1) is 17.2 Å². The number of Topliss-reactive ketones (excluding diaryl/α,β-unsaturated/α-hetero) is 2. The largest absolute Gasteiger partial charge is 0.455 e. The van der Waals surface area contributed by atoms with Crippen LogP contribution in [0.3, 0.4) is 0 Å². The van der Waals surface area contributed by atoms with Crippen LogP contribution in [0.2, 0.25) is 0 Å². The Kier molecular flexibility index (Phi) is 6.29. The molecular weight excluding hydrogens is 505 g/mol. The maximum atomic E-state index is 13.6. The van der Waals surface area contributed by atoms with Gasteiger partial charge in [-0.1, -0.05) is 19.1 Å². The van der Waals surface area contributed by atoms with E-state index < -0.39 is 0 Å². The average Bonchev–Trinajstić information content (AvgIpc) is 3.40. The van der Waals surface area contributed by atoms with E-state index in [1.165, 1.54) is 12.1 Å². The molecule has 0 atom stereocenters. The van der Waals surface area contributed by atoms with Crippen LogP contribution in [-0.4, -0.2) is 16.6 Å². The minimum absolute atomic E-state index is 0.0526. The highest BCUT2D eigenvalue weighted by molar-refractivity contribution is 6.13. The van der Waals surface area contributed by atoms with Gasteiger partial charge >= 0.3 is 0 Å². The first kappa shape index (κ1) is 25.9. The Hall–Kier alpha value is -4.32. The van der Waals surface area contributed by atoms with Gasteiger partial charge in [0, 0.05) is 29.4 Å². The van der Waals surface area contributed by atoms with Crippen LogP contribution in [0.15, 0.2) is 69.6 Å². The lowest BCUT2D eigenvalue weighted by Gasteiger charge is -2.15. The van der Waals surface area contributed by atoms with Gasteiger partial charge in [-0.25, -0.2) is 9.37 Å². The topological polar surface area (TPSA) is 73.3 Å². The molecule has 202 valence electrons. The minimum Gasteiger partial charge on any atom is -0.455 e. The van der Waals surface area contributed by atoms with Crippen molar-refractivity contribution in [2.45, 2.75) is 58.8 Å².